The first kappa shape index (κ1) is 20.2. The molecule has 2 heterocycles. The molecule has 0 spiro atoms. The van der Waals surface area contributed by atoms with Crippen molar-refractivity contribution in [2.75, 3.05) is 38.6 Å². The molecule has 9 heteroatoms. The third kappa shape index (κ3) is 5.18. The van der Waals surface area contributed by atoms with Crippen LogP contribution < -0.4 is 16.4 Å². The van der Waals surface area contributed by atoms with Crippen molar-refractivity contribution in [2.45, 2.75) is 26.7 Å². The van der Waals surface area contributed by atoms with Crippen LogP contribution in [-0.4, -0.2) is 56.1 Å². The number of anilines is 1. The van der Waals surface area contributed by atoms with Crippen LogP contribution in [0.3, 0.4) is 0 Å². The number of hydrogen-bond donors (Lipinski definition) is 3. The summed E-state index contributed by atoms with van der Waals surface area (Å²) in [4.78, 5) is 38.3. The Bertz CT molecular complexity index is 689. The summed E-state index contributed by atoms with van der Waals surface area (Å²) in [5, 5.41) is 6.00. The van der Waals surface area contributed by atoms with E-state index >= 15 is 0 Å². The average Bonchev–Trinajstić information content (AvgIpc) is 2.86. The van der Waals surface area contributed by atoms with Crippen molar-refractivity contribution in [1.82, 2.24) is 10.2 Å². The Kier molecular flexibility index (Phi) is 6.98. The van der Waals surface area contributed by atoms with Crippen molar-refractivity contribution in [3.63, 3.8) is 0 Å². The number of ether oxygens (including phenoxy) is 1. The summed E-state index contributed by atoms with van der Waals surface area (Å²) in [5.41, 5.74) is 6.36. The van der Waals surface area contributed by atoms with Crippen molar-refractivity contribution in [3.05, 3.63) is 16.0 Å². The maximum Gasteiger partial charge on any atom is 0.341 e. The number of hydrogen-bond acceptors (Lipinski definition) is 6. The van der Waals surface area contributed by atoms with E-state index in [1.807, 2.05) is 13.8 Å². The lowest BCUT2D eigenvalue weighted by Gasteiger charge is -2.32. The lowest BCUT2D eigenvalue weighted by Crippen LogP contribution is -2.44. The number of nitrogens with two attached hydrogens (primary N) is 1. The van der Waals surface area contributed by atoms with Gasteiger partial charge in [-0.05, 0) is 44.7 Å². The zero-order valence-electron chi connectivity index (χ0n) is 15.4. The van der Waals surface area contributed by atoms with Crippen LogP contribution in [0.2, 0.25) is 0 Å². The lowest BCUT2D eigenvalue weighted by molar-refractivity contribution is -0.117. The maximum atomic E-state index is 12.4. The van der Waals surface area contributed by atoms with Crippen LogP contribution in [0.4, 0.5) is 9.80 Å². The smallest absolute Gasteiger partial charge is 0.341 e. The van der Waals surface area contributed by atoms with E-state index in [1.165, 1.54) is 18.4 Å². The molecule has 1 saturated heterocycles. The quantitative estimate of drug-likeness (QED) is 0.645. The second kappa shape index (κ2) is 9.00. The SMILES string of the molecule is COC(=O)c1c(NC(=O)CN2CCCC(CNC(N)=O)C2)sc(C)c1C. The van der Waals surface area contributed by atoms with Gasteiger partial charge in [0.05, 0.1) is 19.2 Å². The first-order valence-electron chi connectivity index (χ1n) is 8.55. The van der Waals surface area contributed by atoms with Crippen molar-refractivity contribution >= 4 is 34.2 Å². The number of nitrogens with one attached hydrogen (secondary N) is 2. The summed E-state index contributed by atoms with van der Waals surface area (Å²) in [7, 11) is 1.33. The van der Waals surface area contributed by atoms with Gasteiger partial charge in [-0.3, -0.25) is 9.69 Å². The van der Waals surface area contributed by atoms with Gasteiger partial charge in [0.2, 0.25) is 5.91 Å². The van der Waals surface area contributed by atoms with Crippen molar-refractivity contribution in [2.24, 2.45) is 11.7 Å². The number of carbonyl (C=O) groups excluding carboxylic acids is 3. The molecule has 0 aromatic carbocycles. The Morgan fingerprint density at radius 2 is 2.08 bits per heavy atom. The molecule has 2 rings (SSSR count). The third-order valence-electron chi connectivity index (χ3n) is 4.56. The van der Waals surface area contributed by atoms with Gasteiger partial charge in [0.1, 0.15) is 5.00 Å². The fraction of sp³-hybridized carbons (Fsp3) is 0.588. The summed E-state index contributed by atoms with van der Waals surface area (Å²) < 4.78 is 4.82. The zero-order valence-corrected chi connectivity index (χ0v) is 16.2. The van der Waals surface area contributed by atoms with Crippen LogP contribution in [0.5, 0.6) is 0 Å². The van der Waals surface area contributed by atoms with Gasteiger partial charge in [-0.25, -0.2) is 9.59 Å². The molecule has 3 amide bonds. The molecule has 1 atom stereocenters. The Balaban J connectivity index is 1.95. The monoisotopic (exact) mass is 382 g/mol. The van der Waals surface area contributed by atoms with Gasteiger partial charge in [0.25, 0.3) is 0 Å². The highest BCUT2D eigenvalue weighted by atomic mass is 32.1. The van der Waals surface area contributed by atoms with Crippen LogP contribution in [0.1, 0.15) is 33.6 Å². The van der Waals surface area contributed by atoms with E-state index in [0.29, 0.717) is 17.1 Å². The fourth-order valence-electron chi connectivity index (χ4n) is 3.14. The predicted octanol–water partition coefficient (Wildman–Crippen LogP) is 1.47. The summed E-state index contributed by atoms with van der Waals surface area (Å²) >= 11 is 1.37. The van der Waals surface area contributed by atoms with Crippen LogP contribution >= 0.6 is 11.3 Å². The van der Waals surface area contributed by atoms with E-state index in [9.17, 15) is 14.4 Å². The molecule has 0 aliphatic carbocycles. The predicted molar refractivity (Wildman–Crippen MR) is 101 cm³/mol. The van der Waals surface area contributed by atoms with Gasteiger partial charge in [0.15, 0.2) is 0 Å². The van der Waals surface area contributed by atoms with E-state index in [4.69, 9.17) is 10.5 Å². The van der Waals surface area contributed by atoms with Gasteiger partial charge in [-0.1, -0.05) is 0 Å². The summed E-state index contributed by atoms with van der Waals surface area (Å²) in [6.45, 7) is 6.05. The second-order valence-electron chi connectivity index (χ2n) is 6.52. The number of piperidine rings is 1. The zero-order chi connectivity index (χ0) is 19.3. The van der Waals surface area contributed by atoms with Gasteiger partial charge in [-0.2, -0.15) is 0 Å². The van der Waals surface area contributed by atoms with Gasteiger partial charge >= 0.3 is 12.0 Å². The highest BCUT2D eigenvalue weighted by molar-refractivity contribution is 7.16. The van der Waals surface area contributed by atoms with Crippen LogP contribution in [-0.2, 0) is 9.53 Å². The molecule has 1 aliphatic rings. The lowest BCUT2D eigenvalue weighted by atomic mass is 9.98. The van der Waals surface area contributed by atoms with E-state index < -0.39 is 12.0 Å². The topological polar surface area (TPSA) is 114 Å². The number of nitrogens with zero attached hydrogens (tertiary/aromatic N) is 1. The van der Waals surface area contributed by atoms with E-state index in [2.05, 4.69) is 15.5 Å². The summed E-state index contributed by atoms with van der Waals surface area (Å²) in [6, 6.07) is -0.529. The molecule has 1 unspecified atom stereocenters. The van der Waals surface area contributed by atoms with E-state index in [0.717, 1.165) is 36.4 Å². The number of aryl methyl sites for hydroxylation is 1. The molecule has 0 bridgehead atoms. The number of likely N-dealkylation sites (tertiary alicyclic amines) is 1. The molecule has 26 heavy (non-hydrogen) atoms. The normalized spacial score (nSPS) is 17.6. The first-order chi connectivity index (χ1) is 12.3. The minimum absolute atomic E-state index is 0.167. The minimum Gasteiger partial charge on any atom is -0.465 e. The molecule has 4 N–H and O–H groups in total. The number of carbonyl (C=O) groups is 3. The Labute approximate surface area is 157 Å². The minimum atomic E-state index is -0.529. The Morgan fingerprint density at radius 1 is 1.35 bits per heavy atom. The van der Waals surface area contributed by atoms with Crippen LogP contribution in [0.25, 0.3) is 0 Å². The van der Waals surface area contributed by atoms with Crippen LogP contribution in [0.15, 0.2) is 0 Å². The Hall–Kier alpha value is -2.13. The van der Waals surface area contributed by atoms with E-state index in [1.54, 1.807) is 0 Å². The van der Waals surface area contributed by atoms with Crippen molar-refractivity contribution < 1.29 is 19.1 Å². The molecule has 144 valence electrons. The standard InChI is InChI=1S/C17H26N4O4S/c1-10-11(2)26-15(14(10)16(23)25-3)20-13(22)9-21-6-4-5-12(8-21)7-19-17(18)24/h12H,4-9H2,1-3H3,(H,20,22)(H3,18,19,24). The molecule has 0 radical (unpaired) electrons. The van der Waals surface area contributed by atoms with Gasteiger partial charge in [-0.15, -0.1) is 11.3 Å². The molecular formula is C17H26N4O4S. The molecule has 8 nitrogen and oxygen atoms in total. The van der Waals surface area contributed by atoms with Crippen molar-refractivity contribution in [1.29, 1.82) is 0 Å². The van der Waals surface area contributed by atoms with Crippen LogP contribution in [0, 0.1) is 19.8 Å². The largest absolute Gasteiger partial charge is 0.465 e. The molecule has 0 saturated carbocycles. The third-order valence-corrected chi connectivity index (χ3v) is 5.69. The van der Waals surface area contributed by atoms with E-state index in [-0.39, 0.29) is 18.4 Å². The molecular weight excluding hydrogens is 356 g/mol. The average molecular weight is 382 g/mol. The van der Waals surface area contributed by atoms with Gasteiger partial charge < -0.3 is 21.1 Å². The summed E-state index contributed by atoms with van der Waals surface area (Å²) in [6.07, 6.45) is 1.96. The molecule has 1 fully saturated rings. The highest BCUT2D eigenvalue weighted by Crippen LogP contribution is 2.33. The summed E-state index contributed by atoms with van der Waals surface area (Å²) in [5.74, 6) is -0.335. The number of urea groups is 1. The fourth-order valence-corrected chi connectivity index (χ4v) is 4.20. The first-order valence-corrected chi connectivity index (χ1v) is 9.37. The number of rotatable bonds is 6. The Morgan fingerprint density at radius 3 is 2.73 bits per heavy atom. The highest BCUT2D eigenvalue weighted by Gasteiger charge is 2.24. The molecule has 1 aromatic rings. The molecule has 1 aliphatic heterocycles. The molecule has 1 aromatic heterocycles. The second-order valence-corrected chi connectivity index (χ2v) is 7.74. The number of esters is 1. The maximum absolute atomic E-state index is 12.4. The number of primary amides is 1. The number of thiophene rings is 1. The van der Waals surface area contributed by atoms with Crippen molar-refractivity contribution in [3.8, 4) is 0 Å². The number of amides is 3. The van der Waals surface area contributed by atoms with Gasteiger partial charge in [0, 0.05) is 18.0 Å². The number of methoxy groups -OCH3 is 1.